The van der Waals surface area contributed by atoms with Gasteiger partial charge >= 0.3 is 0 Å². The summed E-state index contributed by atoms with van der Waals surface area (Å²) < 4.78 is 2.19. The Morgan fingerprint density at radius 1 is 1.06 bits per heavy atom. The molecule has 0 aliphatic carbocycles. The number of hydrogen-bond acceptors (Lipinski definition) is 1. The van der Waals surface area contributed by atoms with E-state index in [9.17, 15) is 0 Å². The van der Waals surface area contributed by atoms with E-state index in [1.807, 2.05) is 12.2 Å². The summed E-state index contributed by atoms with van der Waals surface area (Å²) >= 11 is 0. The lowest BCUT2D eigenvalue weighted by molar-refractivity contribution is 0.514. The third-order valence-corrected chi connectivity index (χ3v) is 3.12. The van der Waals surface area contributed by atoms with Crippen molar-refractivity contribution in [2.24, 2.45) is 4.99 Å². The van der Waals surface area contributed by atoms with Gasteiger partial charge in [-0.15, -0.1) is 0 Å². The van der Waals surface area contributed by atoms with Crippen molar-refractivity contribution in [3.8, 4) is 0 Å². The Balaban J connectivity index is 2.78. The van der Waals surface area contributed by atoms with E-state index in [0.29, 0.717) is 0 Å². The number of rotatable bonds is 0. The Morgan fingerprint density at radius 2 is 1.72 bits per heavy atom. The van der Waals surface area contributed by atoms with Gasteiger partial charge in [-0.1, -0.05) is 41.5 Å². The van der Waals surface area contributed by atoms with Gasteiger partial charge in [0.15, 0.2) is 0 Å². The molecule has 2 nitrogen and oxygen atoms in total. The van der Waals surface area contributed by atoms with Gasteiger partial charge in [0.25, 0.3) is 0 Å². The topological polar surface area (TPSA) is 17.3 Å². The average Bonchev–Trinajstić information content (AvgIpc) is 2.43. The van der Waals surface area contributed by atoms with Crippen LogP contribution in [0.15, 0.2) is 23.2 Å². The molecule has 2 heteroatoms. The molecule has 0 saturated heterocycles. The number of hydrogen-bond donors (Lipinski definition) is 0. The van der Waals surface area contributed by atoms with Crippen molar-refractivity contribution in [1.82, 2.24) is 4.57 Å². The van der Waals surface area contributed by atoms with E-state index in [1.54, 1.807) is 0 Å². The summed E-state index contributed by atoms with van der Waals surface area (Å²) in [4.78, 5) is 4.39. The molecule has 0 bridgehead atoms. The highest BCUT2D eigenvalue weighted by Crippen LogP contribution is 2.39. The van der Waals surface area contributed by atoms with Crippen LogP contribution in [0.3, 0.4) is 0 Å². The zero-order valence-electron chi connectivity index (χ0n) is 12.2. The van der Waals surface area contributed by atoms with Gasteiger partial charge in [0, 0.05) is 23.4 Å². The van der Waals surface area contributed by atoms with E-state index in [0.717, 1.165) is 5.82 Å². The fraction of sp³-hybridized carbons (Fsp3) is 0.500. The normalized spacial score (nSPS) is 14.8. The lowest BCUT2D eigenvalue weighted by Crippen LogP contribution is -2.23. The minimum Gasteiger partial charge on any atom is -0.304 e. The summed E-state index contributed by atoms with van der Waals surface area (Å²) in [6.07, 6.45) is 5.91. The molecule has 1 aliphatic rings. The third kappa shape index (κ3) is 2.21. The largest absolute Gasteiger partial charge is 0.304 e. The molecule has 0 aromatic carbocycles. The first-order valence-corrected chi connectivity index (χ1v) is 6.44. The first-order chi connectivity index (χ1) is 8.21. The van der Waals surface area contributed by atoms with Gasteiger partial charge in [-0.3, -0.25) is 0 Å². The molecule has 0 atom stereocenters. The summed E-state index contributed by atoms with van der Waals surface area (Å²) in [6.45, 7) is 13.5. The van der Waals surface area contributed by atoms with Crippen molar-refractivity contribution in [3.63, 3.8) is 0 Å². The third-order valence-electron chi connectivity index (χ3n) is 3.12. The van der Waals surface area contributed by atoms with Crippen molar-refractivity contribution in [2.45, 2.75) is 52.4 Å². The molecule has 1 aliphatic heterocycles. The molecule has 0 amide bonds. The van der Waals surface area contributed by atoms with Gasteiger partial charge < -0.3 is 4.57 Å². The molecule has 0 fully saturated rings. The Morgan fingerprint density at radius 3 is 2.28 bits per heavy atom. The fourth-order valence-electron chi connectivity index (χ4n) is 2.36. The van der Waals surface area contributed by atoms with Crippen LogP contribution in [0.25, 0.3) is 6.20 Å². The molecule has 96 valence electrons. The highest BCUT2D eigenvalue weighted by Gasteiger charge is 2.30. The summed E-state index contributed by atoms with van der Waals surface area (Å²) in [5.74, 6) is 3.91. The van der Waals surface area contributed by atoms with Crippen LogP contribution >= 0.6 is 0 Å². The molecule has 2 rings (SSSR count). The van der Waals surface area contributed by atoms with Crippen LogP contribution < -0.4 is 0 Å². The zero-order valence-corrected chi connectivity index (χ0v) is 12.2. The number of aromatic nitrogens is 1. The van der Waals surface area contributed by atoms with Crippen LogP contribution in [0.5, 0.6) is 0 Å². The van der Waals surface area contributed by atoms with Gasteiger partial charge in [0.2, 0.25) is 0 Å². The predicted molar refractivity (Wildman–Crippen MR) is 78.8 cm³/mol. The molecular weight excluding hydrogens is 220 g/mol. The summed E-state index contributed by atoms with van der Waals surface area (Å²) in [5, 5.41) is 0. The molecule has 0 N–H and O–H groups in total. The van der Waals surface area contributed by atoms with E-state index in [4.69, 9.17) is 0 Å². The number of nitrogens with zero attached hydrogens (tertiary/aromatic N) is 2. The average molecular weight is 242 g/mol. The first-order valence-electron chi connectivity index (χ1n) is 6.44. The van der Waals surface area contributed by atoms with E-state index >= 15 is 0 Å². The van der Waals surface area contributed by atoms with E-state index in [1.165, 1.54) is 11.3 Å². The Hall–Kier alpha value is -1.53. The Kier molecular flexibility index (Phi) is 2.87. The molecule has 0 unspecified atom stereocenters. The Labute approximate surface area is 110 Å². The van der Waals surface area contributed by atoms with Crippen LogP contribution in [-0.4, -0.2) is 10.4 Å². The van der Waals surface area contributed by atoms with Crippen molar-refractivity contribution in [3.05, 3.63) is 29.5 Å². The highest BCUT2D eigenvalue weighted by molar-refractivity contribution is 5.67. The van der Waals surface area contributed by atoms with Crippen LogP contribution in [0, 0.1) is 0 Å². The SMILES string of the molecule is CC(C)(C)c1cc2n(c1C(C)(C)C)C=CC=C=N2. The fourth-order valence-corrected chi connectivity index (χ4v) is 2.36. The number of fused-ring (bicyclic) bond motifs is 1. The molecule has 0 radical (unpaired) electrons. The maximum absolute atomic E-state index is 4.39. The second kappa shape index (κ2) is 4.00. The minimum atomic E-state index is 0.0884. The zero-order chi connectivity index (χ0) is 13.6. The molecule has 2 heterocycles. The Bertz CT molecular complexity index is 551. The number of allylic oxidation sites excluding steroid dienone is 2. The maximum atomic E-state index is 4.39. The second-order valence-corrected chi connectivity index (χ2v) is 6.88. The van der Waals surface area contributed by atoms with Gasteiger partial charge in [0.1, 0.15) is 5.82 Å². The van der Waals surface area contributed by atoms with Gasteiger partial charge in [-0.05, 0) is 29.0 Å². The second-order valence-electron chi connectivity index (χ2n) is 6.88. The van der Waals surface area contributed by atoms with Crippen LogP contribution in [0.1, 0.15) is 52.8 Å². The molecule has 1 aromatic rings. The van der Waals surface area contributed by atoms with Gasteiger partial charge in [0.05, 0.1) is 0 Å². The minimum absolute atomic E-state index is 0.0884. The highest BCUT2D eigenvalue weighted by atomic mass is 15.1. The molecule has 0 saturated carbocycles. The van der Waals surface area contributed by atoms with Gasteiger partial charge in [-0.2, -0.15) is 4.99 Å². The molecule has 18 heavy (non-hydrogen) atoms. The quantitative estimate of drug-likeness (QED) is 0.640. The monoisotopic (exact) mass is 242 g/mol. The lowest BCUT2D eigenvalue weighted by Gasteiger charge is -2.28. The first kappa shape index (κ1) is 12.9. The van der Waals surface area contributed by atoms with E-state index in [2.05, 4.69) is 69.2 Å². The van der Waals surface area contributed by atoms with Crippen molar-refractivity contribution in [2.75, 3.05) is 0 Å². The van der Waals surface area contributed by atoms with Crippen LogP contribution in [0.2, 0.25) is 0 Å². The standard InChI is InChI=1S/C16H22N2/c1-15(2,3)12-11-13-17-9-7-8-10-18(13)14(12)16(4,5)6/h7-8,10-11H,1-6H3. The molecule has 0 spiro atoms. The van der Waals surface area contributed by atoms with Crippen molar-refractivity contribution < 1.29 is 0 Å². The van der Waals surface area contributed by atoms with Crippen LogP contribution in [-0.2, 0) is 10.8 Å². The lowest BCUT2D eigenvalue weighted by atomic mass is 9.79. The van der Waals surface area contributed by atoms with E-state index < -0.39 is 0 Å². The smallest absolute Gasteiger partial charge is 0.146 e. The summed E-state index contributed by atoms with van der Waals surface area (Å²) in [5.41, 5.74) is 2.91. The summed E-state index contributed by atoms with van der Waals surface area (Å²) in [6, 6.07) is 2.19. The molecular formula is C16H22N2. The van der Waals surface area contributed by atoms with Gasteiger partial charge in [-0.25, -0.2) is 0 Å². The predicted octanol–water partition coefficient (Wildman–Crippen LogP) is 4.42. The van der Waals surface area contributed by atoms with Crippen LogP contribution in [0.4, 0.5) is 5.82 Å². The van der Waals surface area contributed by atoms with Crippen molar-refractivity contribution >= 4 is 17.9 Å². The maximum Gasteiger partial charge on any atom is 0.146 e. The number of aliphatic imine (C=N–C) groups is 1. The van der Waals surface area contributed by atoms with E-state index in [-0.39, 0.29) is 10.8 Å². The molecule has 1 aromatic heterocycles. The summed E-state index contributed by atoms with van der Waals surface area (Å²) in [7, 11) is 0. The van der Waals surface area contributed by atoms with Crippen molar-refractivity contribution in [1.29, 1.82) is 0 Å².